The highest BCUT2D eigenvalue weighted by atomic mass is 35.5. The summed E-state index contributed by atoms with van der Waals surface area (Å²) < 4.78 is 30.1. The van der Waals surface area contributed by atoms with Gasteiger partial charge in [-0.25, -0.2) is 8.42 Å². The number of nitrogens with one attached hydrogen (secondary N) is 1. The summed E-state index contributed by atoms with van der Waals surface area (Å²) in [6, 6.07) is 13.6. The van der Waals surface area contributed by atoms with Crippen LogP contribution in [0.5, 0.6) is 11.5 Å². The Morgan fingerprint density at radius 1 is 0.947 bits per heavy atom. The molecule has 0 saturated heterocycles. The Balaban J connectivity index is 2.08. The summed E-state index contributed by atoms with van der Waals surface area (Å²) in [4.78, 5) is 0. The molecule has 4 nitrogen and oxygen atoms in total. The van der Waals surface area contributed by atoms with Crippen LogP contribution in [0.2, 0.25) is 5.02 Å². The van der Waals surface area contributed by atoms with Gasteiger partial charge in [0.1, 0.15) is 11.5 Å². The van der Waals surface area contributed by atoms with E-state index in [1.807, 2.05) is 0 Å². The van der Waals surface area contributed by atoms with Crippen molar-refractivity contribution in [3.8, 4) is 11.5 Å². The third-order valence-electron chi connectivity index (χ3n) is 2.21. The first-order valence-corrected chi connectivity index (χ1v) is 7.71. The standard InChI is InChI=1S/C13H12ClNO3S/c1-19(16,17)15-11-4-8-13(9-5-11)18-12-6-2-10(14)3-7-12/h2-9,15H,1H3. The first-order chi connectivity index (χ1) is 8.92. The summed E-state index contributed by atoms with van der Waals surface area (Å²) in [5, 5.41) is 0.639. The molecule has 2 rings (SSSR count). The maximum absolute atomic E-state index is 11.1. The average Bonchev–Trinajstić information content (AvgIpc) is 2.33. The zero-order valence-electron chi connectivity index (χ0n) is 10.1. The lowest BCUT2D eigenvalue weighted by molar-refractivity contribution is 0.483. The molecule has 0 spiro atoms. The van der Waals surface area contributed by atoms with Gasteiger partial charge in [0.2, 0.25) is 10.0 Å². The van der Waals surface area contributed by atoms with Crippen LogP contribution in [0.15, 0.2) is 48.5 Å². The van der Waals surface area contributed by atoms with E-state index in [-0.39, 0.29) is 0 Å². The van der Waals surface area contributed by atoms with Crippen LogP contribution >= 0.6 is 11.6 Å². The summed E-state index contributed by atoms with van der Waals surface area (Å²) in [5.74, 6) is 1.27. The highest BCUT2D eigenvalue weighted by molar-refractivity contribution is 7.92. The summed E-state index contributed by atoms with van der Waals surface area (Å²) in [6.45, 7) is 0. The maximum atomic E-state index is 11.1. The molecule has 0 atom stereocenters. The first kappa shape index (κ1) is 13.7. The molecule has 0 bridgehead atoms. The Hall–Kier alpha value is -1.72. The third kappa shape index (κ3) is 4.46. The van der Waals surface area contributed by atoms with Crippen molar-refractivity contribution in [2.45, 2.75) is 0 Å². The Morgan fingerprint density at radius 2 is 1.42 bits per heavy atom. The number of hydrogen-bond donors (Lipinski definition) is 1. The normalized spacial score (nSPS) is 11.1. The highest BCUT2D eigenvalue weighted by Gasteiger charge is 2.02. The van der Waals surface area contributed by atoms with Crippen LogP contribution < -0.4 is 9.46 Å². The molecule has 0 aliphatic rings. The van der Waals surface area contributed by atoms with Crippen LogP contribution in [0, 0.1) is 0 Å². The summed E-state index contributed by atoms with van der Waals surface area (Å²) >= 11 is 5.78. The SMILES string of the molecule is CS(=O)(=O)Nc1ccc(Oc2ccc(Cl)cc2)cc1. The van der Waals surface area contributed by atoms with Crippen molar-refractivity contribution in [1.29, 1.82) is 0 Å². The number of hydrogen-bond acceptors (Lipinski definition) is 3. The van der Waals surface area contributed by atoms with Crippen LogP contribution in [0.4, 0.5) is 5.69 Å². The van der Waals surface area contributed by atoms with Crippen LogP contribution in [0.3, 0.4) is 0 Å². The molecular formula is C13H12ClNO3S. The van der Waals surface area contributed by atoms with Crippen molar-refractivity contribution < 1.29 is 13.2 Å². The van der Waals surface area contributed by atoms with Gasteiger partial charge < -0.3 is 4.74 Å². The van der Waals surface area contributed by atoms with E-state index < -0.39 is 10.0 Å². The van der Waals surface area contributed by atoms with E-state index in [0.29, 0.717) is 22.2 Å². The molecule has 0 aliphatic heterocycles. The lowest BCUT2D eigenvalue weighted by Crippen LogP contribution is -2.09. The summed E-state index contributed by atoms with van der Waals surface area (Å²) in [6.07, 6.45) is 1.10. The molecule has 100 valence electrons. The van der Waals surface area contributed by atoms with Gasteiger partial charge in [-0.1, -0.05) is 11.6 Å². The summed E-state index contributed by atoms with van der Waals surface area (Å²) in [7, 11) is -3.26. The van der Waals surface area contributed by atoms with E-state index in [1.54, 1.807) is 48.5 Å². The van der Waals surface area contributed by atoms with Crippen molar-refractivity contribution in [3.05, 3.63) is 53.6 Å². The molecule has 0 unspecified atom stereocenters. The lowest BCUT2D eigenvalue weighted by Gasteiger charge is -2.07. The van der Waals surface area contributed by atoms with Crippen molar-refractivity contribution in [2.24, 2.45) is 0 Å². The fraction of sp³-hybridized carbons (Fsp3) is 0.0769. The predicted molar refractivity (Wildman–Crippen MR) is 76.4 cm³/mol. The second kappa shape index (κ2) is 5.50. The molecule has 0 heterocycles. The van der Waals surface area contributed by atoms with E-state index in [9.17, 15) is 8.42 Å². The van der Waals surface area contributed by atoms with Crippen LogP contribution in [0.25, 0.3) is 0 Å². The van der Waals surface area contributed by atoms with Crippen molar-refractivity contribution >= 4 is 27.3 Å². The van der Waals surface area contributed by atoms with E-state index >= 15 is 0 Å². The topological polar surface area (TPSA) is 55.4 Å². The van der Waals surface area contributed by atoms with Gasteiger partial charge in [0.25, 0.3) is 0 Å². The molecule has 0 aromatic heterocycles. The molecule has 2 aromatic carbocycles. The van der Waals surface area contributed by atoms with Gasteiger partial charge in [-0.3, -0.25) is 4.72 Å². The minimum absolute atomic E-state index is 0.492. The number of anilines is 1. The Kier molecular flexibility index (Phi) is 3.97. The largest absolute Gasteiger partial charge is 0.457 e. The quantitative estimate of drug-likeness (QED) is 0.939. The van der Waals surface area contributed by atoms with Gasteiger partial charge in [0.15, 0.2) is 0 Å². The fourth-order valence-corrected chi connectivity index (χ4v) is 2.13. The zero-order chi connectivity index (χ0) is 13.9. The molecular weight excluding hydrogens is 286 g/mol. The highest BCUT2D eigenvalue weighted by Crippen LogP contribution is 2.24. The van der Waals surface area contributed by atoms with Gasteiger partial charge >= 0.3 is 0 Å². The smallest absolute Gasteiger partial charge is 0.229 e. The molecule has 6 heteroatoms. The maximum Gasteiger partial charge on any atom is 0.229 e. The van der Waals surface area contributed by atoms with Gasteiger partial charge in [-0.05, 0) is 48.5 Å². The average molecular weight is 298 g/mol. The second-order valence-corrected chi connectivity index (χ2v) is 6.14. The van der Waals surface area contributed by atoms with E-state index in [0.717, 1.165) is 6.26 Å². The van der Waals surface area contributed by atoms with Gasteiger partial charge in [-0.15, -0.1) is 0 Å². The van der Waals surface area contributed by atoms with Gasteiger partial charge in [-0.2, -0.15) is 0 Å². The molecule has 0 amide bonds. The van der Waals surface area contributed by atoms with E-state index in [1.165, 1.54) is 0 Å². The molecule has 0 saturated carbocycles. The molecule has 2 aromatic rings. The van der Waals surface area contributed by atoms with Gasteiger partial charge in [0, 0.05) is 10.7 Å². The first-order valence-electron chi connectivity index (χ1n) is 5.44. The number of ether oxygens (including phenoxy) is 1. The van der Waals surface area contributed by atoms with E-state index in [4.69, 9.17) is 16.3 Å². The molecule has 0 aliphatic carbocycles. The molecule has 19 heavy (non-hydrogen) atoms. The fourth-order valence-electron chi connectivity index (χ4n) is 1.44. The number of benzene rings is 2. The van der Waals surface area contributed by atoms with E-state index in [2.05, 4.69) is 4.72 Å². The zero-order valence-corrected chi connectivity index (χ0v) is 11.7. The Morgan fingerprint density at radius 3 is 1.89 bits per heavy atom. The number of sulfonamides is 1. The van der Waals surface area contributed by atoms with Crippen LogP contribution in [-0.2, 0) is 10.0 Å². The van der Waals surface area contributed by atoms with Crippen LogP contribution in [0.1, 0.15) is 0 Å². The summed E-state index contributed by atoms with van der Waals surface area (Å²) in [5.41, 5.74) is 0.492. The Labute approximate surface area is 117 Å². The number of halogens is 1. The van der Waals surface area contributed by atoms with Gasteiger partial charge in [0.05, 0.1) is 6.26 Å². The predicted octanol–water partition coefficient (Wildman–Crippen LogP) is 3.50. The molecule has 0 radical (unpaired) electrons. The third-order valence-corrected chi connectivity index (χ3v) is 3.07. The van der Waals surface area contributed by atoms with Crippen LogP contribution in [-0.4, -0.2) is 14.7 Å². The minimum atomic E-state index is -3.26. The van der Waals surface area contributed by atoms with Crippen molar-refractivity contribution in [1.82, 2.24) is 0 Å². The lowest BCUT2D eigenvalue weighted by atomic mass is 10.3. The monoisotopic (exact) mass is 297 g/mol. The van der Waals surface area contributed by atoms with Crippen molar-refractivity contribution in [3.63, 3.8) is 0 Å². The second-order valence-electron chi connectivity index (χ2n) is 3.95. The molecule has 0 fully saturated rings. The number of rotatable bonds is 4. The van der Waals surface area contributed by atoms with Crippen molar-refractivity contribution in [2.75, 3.05) is 11.0 Å². The molecule has 1 N–H and O–H groups in total. The minimum Gasteiger partial charge on any atom is -0.457 e. The Bertz CT molecular complexity index is 651.